The fraction of sp³-hybridized carbons (Fsp3) is 0.429. The van der Waals surface area contributed by atoms with Gasteiger partial charge in [-0.25, -0.2) is 9.97 Å². The Hall–Kier alpha value is -1.87. The Balaban J connectivity index is 1.62. The normalized spacial score (nSPS) is 20.7. The van der Waals surface area contributed by atoms with Crippen LogP contribution >= 0.6 is 11.6 Å². The van der Waals surface area contributed by atoms with Crippen LogP contribution in [0.1, 0.15) is 50.8 Å². The lowest BCUT2D eigenvalue weighted by atomic mass is 9.81. The van der Waals surface area contributed by atoms with Gasteiger partial charge in [0.25, 0.3) is 0 Å². The van der Waals surface area contributed by atoms with Gasteiger partial charge in [-0.3, -0.25) is 0 Å². The second-order valence-electron chi connectivity index (χ2n) is 6.63. The van der Waals surface area contributed by atoms with Crippen LogP contribution in [0.15, 0.2) is 48.3 Å². The molecule has 1 saturated carbocycles. The number of nitrogens with zero attached hydrogens (tertiary/aromatic N) is 2. The molecule has 1 aliphatic rings. The molecule has 3 rings (SSSR count). The van der Waals surface area contributed by atoms with E-state index in [-0.39, 0.29) is 0 Å². The van der Waals surface area contributed by atoms with Crippen molar-refractivity contribution in [3.63, 3.8) is 0 Å². The van der Waals surface area contributed by atoms with Crippen LogP contribution in [0.5, 0.6) is 5.75 Å². The highest BCUT2D eigenvalue weighted by molar-refractivity contribution is 6.25. The molecule has 0 atom stereocenters. The van der Waals surface area contributed by atoms with Gasteiger partial charge in [-0.2, -0.15) is 0 Å². The van der Waals surface area contributed by atoms with Crippen LogP contribution in [0.3, 0.4) is 0 Å². The first kappa shape index (κ1) is 17.9. The molecule has 1 heterocycles. The molecule has 0 radical (unpaired) electrons. The summed E-state index contributed by atoms with van der Waals surface area (Å²) in [5, 5.41) is 0. The fourth-order valence-corrected chi connectivity index (χ4v) is 3.54. The first-order chi connectivity index (χ1) is 12.3. The predicted molar refractivity (Wildman–Crippen MR) is 103 cm³/mol. The highest BCUT2D eigenvalue weighted by Crippen LogP contribution is 2.35. The zero-order valence-corrected chi connectivity index (χ0v) is 15.5. The molecule has 0 unspecified atom stereocenters. The molecule has 2 aromatic rings. The number of halogens is 1. The number of ether oxygens (including phenoxy) is 1. The number of benzene rings is 1. The lowest BCUT2D eigenvalue weighted by Crippen LogP contribution is -2.13. The van der Waals surface area contributed by atoms with E-state index in [2.05, 4.69) is 35.1 Å². The third-order valence-corrected chi connectivity index (χ3v) is 4.96. The van der Waals surface area contributed by atoms with Gasteiger partial charge in [0.1, 0.15) is 11.6 Å². The van der Waals surface area contributed by atoms with Crippen molar-refractivity contribution in [1.29, 1.82) is 0 Å². The fourth-order valence-electron chi connectivity index (χ4n) is 3.33. The van der Waals surface area contributed by atoms with Crippen LogP contribution in [0, 0.1) is 5.92 Å². The molecule has 1 fully saturated rings. The summed E-state index contributed by atoms with van der Waals surface area (Å²) in [5.74, 6) is 2.96. The molecular weight excluding hydrogens is 332 g/mol. The van der Waals surface area contributed by atoms with Gasteiger partial charge in [-0.05, 0) is 55.7 Å². The molecule has 3 nitrogen and oxygen atoms in total. The van der Waals surface area contributed by atoms with Crippen molar-refractivity contribution in [2.45, 2.75) is 44.9 Å². The van der Waals surface area contributed by atoms with E-state index in [1.165, 1.54) is 0 Å². The van der Waals surface area contributed by atoms with Crippen molar-refractivity contribution in [2.24, 2.45) is 5.92 Å². The maximum Gasteiger partial charge on any atom is 0.131 e. The van der Waals surface area contributed by atoms with Gasteiger partial charge in [0.05, 0.1) is 6.61 Å². The Morgan fingerprint density at radius 3 is 2.32 bits per heavy atom. The molecule has 0 N–H and O–H groups in total. The van der Waals surface area contributed by atoms with Gasteiger partial charge in [0, 0.05) is 29.4 Å². The first-order valence-electron chi connectivity index (χ1n) is 9.12. The van der Waals surface area contributed by atoms with Crippen molar-refractivity contribution < 1.29 is 4.74 Å². The summed E-state index contributed by atoms with van der Waals surface area (Å²) < 4.78 is 5.63. The average molecular weight is 357 g/mol. The SMILES string of the molecule is CCCOc1ccc(-c2cnc(C3CCC(/C=C/Cl)CC3)nc2)cc1. The Kier molecular flexibility index (Phi) is 6.46. The van der Waals surface area contributed by atoms with Crippen LogP contribution in [0.25, 0.3) is 11.1 Å². The second kappa shape index (κ2) is 9.00. The molecule has 0 bridgehead atoms. The largest absolute Gasteiger partial charge is 0.494 e. The van der Waals surface area contributed by atoms with E-state index in [1.54, 1.807) is 5.54 Å². The van der Waals surface area contributed by atoms with E-state index in [4.69, 9.17) is 16.3 Å². The zero-order valence-electron chi connectivity index (χ0n) is 14.7. The van der Waals surface area contributed by atoms with E-state index in [1.807, 2.05) is 24.5 Å². The average Bonchev–Trinajstić information content (AvgIpc) is 2.68. The highest BCUT2D eigenvalue weighted by atomic mass is 35.5. The van der Waals surface area contributed by atoms with Crippen molar-refractivity contribution in [2.75, 3.05) is 6.61 Å². The van der Waals surface area contributed by atoms with Crippen LogP contribution in [-0.4, -0.2) is 16.6 Å². The summed E-state index contributed by atoms with van der Waals surface area (Å²) in [5.41, 5.74) is 3.81. The molecular formula is C21H25ClN2O. The van der Waals surface area contributed by atoms with E-state index in [9.17, 15) is 0 Å². The molecule has 1 aliphatic carbocycles. The summed E-state index contributed by atoms with van der Waals surface area (Å²) in [6, 6.07) is 8.13. The lowest BCUT2D eigenvalue weighted by molar-refractivity contribution is 0.317. The van der Waals surface area contributed by atoms with E-state index >= 15 is 0 Å². The van der Waals surface area contributed by atoms with Gasteiger partial charge in [-0.15, -0.1) is 0 Å². The third-order valence-electron chi connectivity index (χ3n) is 4.81. The van der Waals surface area contributed by atoms with E-state index in [0.717, 1.165) is 61.4 Å². The monoisotopic (exact) mass is 356 g/mol. The van der Waals surface area contributed by atoms with Crippen LogP contribution < -0.4 is 4.74 Å². The van der Waals surface area contributed by atoms with Gasteiger partial charge in [0.15, 0.2) is 0 Å². The molecule has 25 heavy (non-hydrogen) atoms. The van der Waals surface area contributed by atoms with E-state index < -0.39 is 0 Å². The molecule has 1 aromatic heterocycles. The predicted octanol–water partition coefficient (Wildman–Crippen LogP) is 5.96. The number of aromatic nitrogens is 2. The Morgan fingerprint density at radius 1 is 1.04 bits per heavy atom. The van der Waals surface area contributed by atoms with Crippen molar-refractivity contribution in [3.05, 3.63) is 54.1 Å². The van der Waals surface area contributed by atoms with Crippen molar-refractivity contribution in [3.8, 4) is 16.9 Å². The molecule has 0 saturated heterocycles. The number of hydrogen-bond acceptors (Lipinski definition) is 3. The summed E-state index contributed by atoms with van der Waals surface area (Å²) >= 11 is 5.69. The molecule has 132 valence electrons. The molecule has 0 aliphatic heterocycles. The van der Waals surface area contributed by atoms with Gasteiger partial charge in [0.2, 0.25) is 0 Å². The lowest BCUT2D eigenvalue weighted by Gasteiger charge is -2.25. The summed E-state index contributed by atoms with van der Waals surface area (Å²) in [6.07, 6.45) is 11.6. The Labute approximate surface area is 155 Å². The number of allylic oxidation sites excluding steroid dienone is 1. The molecule has 1 aromatic carbocycles. The van der Waals surface area contributed by atoms with E-state index in [0.29, 0.717) is 11.8 Å². The molecule has 0 amide bonds. The van der Waals surface area contributed by atoms with Crippen LogP contribution in [-0.2, 0) is 0 Å². The highest BCUT2D eigenvalue weighted by Gasteiger charge is 2.22. The first-order valence-corrected chi connectivity index (χ1v) is 9.56. The minimum absolute atomic E-state index is 0.471. The molecule has 4 heteroatoms. The minimum Gasteiger partial charge on any atom is -0.494 e. The summed E-state index contributed by atoms with van der Waals surface area (Å²) in [7, 11) is 0. The molecule has 0 spiro atoms. The summed E-state index contributed by atoms with van der Waals surface area (Å²) in [4.78, 5) is 9.27. The third kappa shape index (κ3) is 4.82. The maximum atomic E-state index is 5.69. The minimum atomic E-state index is 0.471. The number of rotatable bonds is 6. The van der Waals surface area contributed by atoms with Crippen LogP contribution in [0.4, 0.5) is 0 Å². The standard InChI is InChI=1S/C21H25ClN2O/c1-2-13-25-20-9-7-17(8-10-20)19-14-23-21(24-15-19)18-5-3-16(4-6-18)11-12-22/h7-12,14-16,18H,2-6,13H2,1H3/b12-11+. The Morgan fingerprint density at radius 2 is 1.72 bits per heavy atom. The maximum absolute atomic E-state index is 5.69. The zero-order chi connectivity index (χ0) is 17.5. The quantitative estimate of drug-likeness (QED) is 0.640. The smallest absolute Gasteiger partial charge is 0.131 e. The van der Waals surface area contributed by atoms with Crippen molar-refractivity contribution in [1.82, 2.24) is 9.97 Å². The van der Waals surface area contributed by atoms with Gasteiger partial charge < -0.3 is 4.74 Å². The second-order valence-corrected chi connectivity index (χ2v) is 6.88. The van der Waals surface area contributed by atoms with Gasteiger partial charge in [-0.1, -0.05) is 36.7 Å². The topological polar surface area (TPSA) is 35.0 Å². The van der Waals surface area contributed by atoms with Gasteiger partial charge >= 0.3 is 0 Å². The van der Waals surface area contributed by atoms with Crippen molar-refractivity contribution >= 4 is 11.6 Å². The number of hydrogen-bond donors (Lipinski definition) is 0. The van der Waals surface area contributed by atoms with Crippen LogP contribution in [0.2, 0.25) is 0 Å². The summed E-state index contributed by atoms with van der Waals surface area (Å²) in [6.45, 7) is 2.86. The Bertz CT molecular complexity index is 674.